The molecule has 1 aromatic heterocycles. The van der Waals surface area contributed by atoms with Crippen LogP contribution in [0.3, 0.4) is 0 Å². The number of aromatic nitrogens is 2. The van der Waals surface area contributed by atoms with E-state index in [1.165, 1.54) is 37.9 Å². The van der Waals surface area contributed by atoms with E-state index in [0.717, 1.165) is 47.6 Å². The van der Waals surface area contributed by atoms with E-state index in [2.05, 4.69) is 50.7 Å². The summed E-state index contributed by atoms with van der Waals surface area (Å²) in [6.45, 7) is 4.64. The van der Waals surface area contributed by atoms with Gasteiger partial charge >= 0.3 is 0 Å². The molecule has 0 radical (unpaired) electrons. The zero-order chi connectivity index (χ0) is 20.9. The van der Waals surface area contributed by atoms with Crippen molar-refractivity contribution >= 4 is 5.82 Å². The molecule has 2 aliphatic heterocycles. The van der Waals surface area contributed by atoms with E-state index in [1.54, 1.807) is 0 Å². The van der Waals surface area contributed by atoms with Crippen LogP contribution < -0.4 is 14.8 Å². The number of rotatable bonds is 7. The van der Waals surface area contributed by atoms with Gasteiger partial charge in [-0.1, -0.05) is 30.3 Å². The predicted molar refractivity (Wildman–Crippen MR) is 121 cm³/mol. The summed E-state index contributed by atoms with van der Waals surface area (Å²) in [5.41, 5.74) is 3.21. The smallest absolute Gasteiger partial charge is 0.231 e. The van der Waals surface area contributed by atoms with Gasteiger partial charge in [-0.15, -0.1) is 10.2 Å². The fraction of sp³-hybridized carbons (Fsp3) is 0.360. The third kappa shape index (κ3) is 4.97. The molecule has 3 heterocycles. The lowest BCUT2D eigenvalue weighted by molar-refractivity contribution is 0.174. The minimum Gasteiger partial charge on any atom is -0.454 e. The van der Waals surface area contributed by atoms with Crippen LogP contribution in [0.1, 0.15) is 24.8 Å². The summed E-state index contributed by atoms with van der Waals surface area (Å²) in [5.74, 6) is 3.14. The Morgan fingerprint density at radius 2 is 1.74 bits per heavy atom. The van der Waals surface area contributed by atoms with Gasteiger partial charge in [0, 0.05) is 18.7 Å². The van der Waals surface area contributed by atoms with Crippen molar-refractivity contribution in [1.82, 2.24) is 15.1 Å². The Hall–Kier alpha value is -3.12. The first-order chi connectivity index (χ1) is 15.3. The van der Waals surface area contributed by atoms with Crippen molar-refractivity contribution < 1.29 is 9.47 Å². The Morgan fingerprint density at radius 3 is 2.55 bits per heavy atom. The third-order valence-corrected chi connectivity index (χ3v) is 6.15. The number of fused-ring (bicyclic) bond motifs is 1. The molecule has 2 aromatic carbocycles. The van der Waals surface area contributed by atoms with E-state index in [4.69, 9.17) is 9.47 Å². The van der Waals surface area contributed by atoms with Crippen molar-refractivity contribution in [2.45, 2.75) is 25.8 Å². The maximum Gasteiger partial charge on any atom is 0.231 e. The SMILES string of the molecule is c1ccc(CN2CCC(CCNc3ccc(-c4ccc5c(c4)OCO5)nn3)CC2)cc1. The summed E-state index contributed by atoms with van der Waals surface area (Å²) >= 11 is 0. The predicted octanol–water partition coefficient (Wildman–Crippen LogP) is 4.59. The zero-order valence-corrected chi connectivity index (χ0v) is 17.7. The van der Waals surface area contributed by atoms with E-state index in [0.29, 0.717) is 0 Å². The Bertz CT molecular complexity index is 986. The highest BCUT2D eigenvalue weighted by Gasteiger charge is 2.19. The Balaban J connectivity index is 1.06. The van der Waals surface area contributed by atoms with E-state index in [1.807, 2.05) is 30.3 Å². The van der Waals surface area contributed by atoms with Gasteiger partial charge in [0.15, 0.2) is 11.5 Å². The topological polar surface area (TPSA) is 59.5 Å². The molecule has 31 heavy (non-hydrogen) atoms. The highest BCUT2D eigenvalue weighted by Crippen LogP contribution is 2.35. The highest BCUT2D eigenvalue weighted by atomic mass is 16.7. The molecule has 1 fully saturated rings. The third-order valence-electron chi connectivity index (χ3n) is 6.15. The molecule has 6 nitrogen and oxygen atoms in total. The fourth-order valence-corrected chi connectivity index (χ4v) is 4.32. The summed E-state index contributed by atoms with van der Waals surface area (Å²) in [6.07, 6.45) is 3.71. The summed E-state index contributed by atoms with van der Waals surface area (Å²) in [6, 6.07) is 20.6. The van der Waals surface area contributed by atoms with Crippen LogP contribution in [0, 0.1) is 5.92 Å². The van der Waals surface area contributed by atoms with Crippen molar-refractivity contribution in [3.63, 3.8) is 0 Å². The molecule has 1 N–H and O–H groups in total. The van der Waals surface area contributed by atoms with Gasteiger partial charge in [0.25, 0.3) is 0 Å². The molecule has 0 unspecified atom stereocenters. The lowest BCUT2D eigenvalue weighted by atomic mass is 9.93. The minimum atomic E-state index is 0.277. The summed E-state index contributed by atoms with van der Waals surface area (Å²) in [7, 11) is 0. The van der Waals surface area contributed by atoms with Crippen molar-refractivity contribution in [1.29, 1.82) is 0 Å². The first-order valence-electron chi connectivity index (χ1n) is 11.1. The Morgan fingerprint density at radius 1 is 0.903 bits per heavy atom. The molecule has 3 aromatic rings. The second-order valence-corrected chi connectivity index (χ2v) is 8.29. The van der Waals surface area contributed by atoms with Crippen LogP contribution in [0.25, 0.3) is 11.3 Å². The second-order valence-electron chi connectivity index (χ2n) is 8.29. The number of hydrogen-bond acceptors (Lipinski definition) is 6. The number of likely N-dealkylation sites (tertiary alicyclic amines) is 1. The molecule has 1 saturated heterocycles. The second kappa shape index (κ2) is 9.35. The van der Waals surface area contributed by atoms with Crippen LogP contribution in [0.2, 0.25) is 0 Å². The highest BCUT2D eigenvalue weighted by molar-refractivity contribution is 5.64. The maximum absolute atomic E-state index is 5.45. The van der Waals surface area contributed by atoms with Crippen LogP contribution in [0.4, 0.5) is 5.82 Å². The van der Waals surface area contributed by atoms with E-state index in [9.17, 15) is 0 Å². The summed E-state index contributed by atoms with van der Waals surface area (Å²) in [5, 5.41) is 12.2. The Labute approximate surface area is 183 Å². The molecule has 0 spiro atoms. The molecule has 5 rings (SSSR count). The molecule has 6 heteroatoms. The average molecular weight is 417 g/mol. The zero-order valence-electron chi connectivity index (χ0n) is 17.7. The van der Waals surface area contributed by atoms with Crippen LogP contribution >= 0.6 is 0 Å². The molecule has 0 bridgehead atoms. The minimum absolute atomic E-state index is 0.277. The Kier molecular flexibility index (Phi) is 5.98. The molecular formula is C25H28N4O2. The average Bonchev–Trinajstić information content (AvgIpc) is 3.29. The van der Waals surface area contributed by atoms with Gasteiger partial charge in [-0.25, -0.2) is 0 Å². The van der Waals surface area contributed by atoms with Gasteiger partial charge < -0.3 is 14.8 Å². The monoisotopic (exact) mass is 416 g/mol. The van der Waals surface area contributed by atoms with E-state index >= 15 is 0 Å². The maximum atomic E-state index is 5.45. The molecule has 0 amide bonds. The number of benzene rings is 2. The molecule has 0 aliphatic carbocycles. The lowest BCUT2D eigenvalue weighted by Gasteiger charge is -2.32. The van der Waals surface area contributed by atoms with Crippen LogP contribution in [-0.4, -0.2) is 41.5 Å². The van der Waals surface area contributed by atoms with Crippen LogP contribution in [0.15, 0.2) is 60.7 Å². The number of piperidine rings is 1. The first-order valence-corrected chi connectivity index (χ1v) is 11.1. The normalized spacial score (nSPS) is 16.4. The van der Waals surface area contributed by atoms with Crippen molar-refractivity contribution in [3.8, 4) is 22.8 Å². The number of anilines is 1. The lowest BCUT2D eigenvalue weighted by Crippen LogP contribution is -2.33. The van der Waals surface area contributed by atoms with Gasteiger partial charge in [0.05, 0.1) is 5.69 Å². The molecule has 160 valence electrons. The molecule has 2 aliphatic rings. The molecule has 0 saturated carbocycles. The quantitative estimate of drug-likeness (QED) is 0.608. The number of nitrogens with zero attached hydrogens (tertiary/aromatic N) is 3. The van der Waals surface area contributed by atoms with Crippen molar-refractivity contribution in [3.05, 3.63) is 66.2 Å². The number of hydrogen-bond donors (Lipinski definition) is 1. The molecular weight excluding hydrogens is 388 g/mol. The largest absolute Gasteiger partial charge is 0.454 e. The van der Waals surface area contributed by atoms with E-state index in [-0.39, 0.29) is 6.79 Å². The summed E-state index contributed by atoms with van der Waals surface area (Å²) in [4.78, 5) is 2.57. The van der Waals surface area contributed by atoms with Crippen molar-refractivity contribution in [2.24, 2.45) is 5.92 Å². The number of ether oxygens (including phenoxy) is 2. The van der Waals surface area contributed by atoms with Gasteiger partial charge in [0.2, 0.25) is 6.79 Å². The first kappa shape index (κ1) is 19.8. The summed E-state index contributed by atoms with van der Waals surface area (Å²) < 4.78 is 10.8. The van der Waals surface area contributed by atoms with Gasteiger partial charge in [-0.05, 0) is 74.2 Å². The van der Waals surface area contributed by atoms with Crippen LogP contribution in [0.5, 0.6) is 11.5 Å². The van der Waals surface area contributed by atoms with E-state index < -0.39 is 0 Å². The number of nitrogens with one attached hydrogen (secondary N) is 1. The van der Waals surface area contributed by atoms with Gasteiger partial charge in [-0.3, -0.25) is 4.90 Å². The standard InChI is InChI=1S/C25H28N4O2/c1-2-4-20(5-3-1)17-29-14-11-19(12-15-29)10-13-26-25-9-7-22(27-28-25)21-6-8-23-24(16-21)31-18-30-23/h1-9,16,19H,10-15,17-18H2,(H,26,28). The molecule has 0 atom stereocenters. The van der Waals surface area contributed by atoms with Gasteiger partial charge in [-0.2, -0.15) is 0 Å². The van der Waals surface area contributed by atoms with Crippen molar-refractivity contribution in [2.75, 3.05) is 31.7 Å². The van der Waals surface area contributed by atoms with Gasteiger partial charge in [0.1, 0.15) is 5.82 Å². The fourth-order valence-electron chi connectivity index (χ4n) is 4.32. The van der Waals surface area contributed by atoms with Crippen LogP contribution in [-0.2, 0) is 6.54 Å².